The van der Waals surface area contributed by atoms with E-state index in [-0.39, 0.29) is 18.6 Å². The summed E-state index contributed by atoms with van der Waals surface area (Å²) in [5.74, 6) is -1.22. The van der Waals surface area contributed by atoms with Crippen LogP contribution in [0, 0.1) is 6.92 Å². The number of ether oxygens (including phenoxy) is 1. The minimum absolute atomic E-state index is 0.0937. The van der Waals surface area contributed by atoms with Crippen molar-refractivity contribution in [2.45, 2.75) is 38.8 Å². The molecular weight excluding hydrogens is 406 g/mol. The van der Waals surface area contributed by atoms with Gasteiger partial charge in [0.25, 0.3) is 0 Å². The molecule has 1 amide bonds. The summed E-state index contributed by atoms with van der Waals surface area (Å²) in [6.07, 6.45) is 0.845. The number of carbonyl (C=O) groups excluding carboxylic acids is 1. The molecule has 0 spiro atoms. The number of nitrogens with zero attached hydrogens (tertiary/aromatic N) is 3. The van der Waals surface area contributed by atoms with Crippen LogP contribution in [-0.4, -0.2) is 44.5 Å². The van der Waals surface area contributed by atoms with Crippen molar-refractivity contribution in [1.82, 2.24) is 14.7 Å². The molecule has 2 aromatic carbocycles. The third-order valence-corrected chi connectivity index (χ3v) is 6.18. The van der Waals surface area contributed by atoms with Gasteiger partial charge in [-0.25, -0.2) is 9.59 Å². The first-order valence-corrected chi connectivity index (χ1v) is 10.7. The fraction of sp³-hybridized carbons (Fsp3) is 0.320. The predicted molar refractivity (Wildman–Crippen MR) is 120 cm³/mol. The number of aliphatic carboxylic acids is 1. The van der Waals surface area contributed by atoms with Gasteiger partial charge in [0.2, 0.25) is 0 Å². The van der Waals surface area contributed by atoms with Crippen LogP contribution in [0.15, 0.2) is 54.7 Å². The Bertz CT molecular complexity index is 1120. The molecule has 3 aromatic rings. The van der Waals surface area contributed by atoms with Crippen LogP contribution < -0.4 is 0 Å². The molecule has 1 N–H and O–H groups in total. The lowest BCUT2D eigenvalue weighted by atomic mass is 9.98. The summed E-state index contributed by atoms with van der Waals surface area (Å²) < 4.78 is 7.36. The third kappa shape index (κ3) is 3.64. The summed E-state index contributed by atoms with van der Waals surface area (Å²) in [5, 5.41) is 14.1. The van der Waals surface area contributed by atoms with Gasteiger partial charge in [-0.15, -0.1) is 0 Å². The zero-order valence-corrected chi connectivity index (χ0v) is 18.6. The van der Waals surface area contributed by atoms with Crippen molar-refractivity contribution in [2.24, 2.45) is 7.05 Å². The van der Waals surface area contributed by atoms with Gasteiger partial charge in [-0.2, -0.15) is 5.10 Å². The van der Waals surface area contributed by atoms with E-state index in [1.165, 1.54) is 11.1 Å². The Morgan fingerprint density at radius 1 is 1.09 bits per heavy atom. The van der Waals surface area contributed by atoms with E-state index in [4.69, 9.17) is 4.74 Å². The number of aromatic nitrogens is 2. The van der Waals surface area contributed by atoms with Crippen LogP contribution in [0.25, 0.3) is 11.1 Å². The normalized spacial score (nSPS) is 13.5. The van der Waals surface area contributed by atoms with E-state index in [1.807, 2.05) is 36.4 Å². The minimum atomic E-state index is -1.18. The molecule has 1 aliphatic rings. The maximum Gasteiger partial charge on any atom is 0.411 e. The summed E-state index contributed by atoms with van der Waals surface area (Å²) in [6.45, 7) is 5.48. The van der Waals surface area contributed by atoms with Gasteiger partial charge in [0.05, 0.1) is 6.20 Å². The standard InChI is InChI=1S/C25H27N3O4/c1-15(2)28(23(24(29)30)21-13-26-27(4)16(21)3)25(31)32-14-22-19-11-7-5-9-17(19)18-10-6-8-12-20(18)22/h5-13,15,22-23H,14H2,1-4H3,(H,29,30). The Kier molecular flexibility index (Phi) is 5.74. The van der Waals surface area contributed by atoms with Gasteiger partial charge in [0, 0.05) is 30.3 Å². The maximum atomic E-state index is 13.2. The molecule has 0 fully saturated rings. The highest BCUT2D eigenvalue weighted by Gasteiger charge is 2.37. The van der Waals surface area contributed by atoms with Crippen molar-refractivity contribution < 1.29 is 19.4 Å². The molecule has 32 heavy (non-hydrogen) atoms. The van der Waals surface area contributed by atoms with Crippen molar-refractivity contribution >= 4 is 12.1 Å². The highest BCUT2D eigenvalue weighted by atomic mass is 16.6. The van der Waals surface area contributed by atoms with Crippen LogP contribution in [0.1, 0.15) is 48.2 Å². The number of hydrogen-bond acceptors (Lipinski definition) is 4. The second kappa shape index (κ2) is 8.49. The average molecular weight is 434 g/mol. The highest BCUT2D eigenvalue weighted by molar-refractivity contribution is 5.82. The summed E-state index contributed by atoms with van der Waals surface area (Å²) in [5.41, 5.74) is 5.65. The smallest absolute Gasteiger partial charge is 0.411 e. The Morgan fingerprint density at radius 2 is 1.66 bits per heavy atom. The zero-order chi connectivity index (χ0) is 23.0. The number of amides is 1. The third-order valence-electron chi connectivity index (χ3n) is 6.18. The molecule has 4 rings (SSSR count). The number of rotatable bonds is 6. The van der Waals surface area contributed by atoms with Crippen molar-refractivity contribution in [3.05, 3.63) is 77.1 Å². The number of carboxylic acid groups (broad SMARTS) is 1. The number of hydrogen-bond donors (Lipinski definition) is 1. The molecule has 1 unspecified atom stereocenters. The van der Waals surface area contributed by atoms with E-state index >= 15 is 0 Å². The van der Waals surface area contributed by atoms with Gasteiger partial charge >= 0.3 is 12.1 Å². The van der Waals surface area contributed by atoms with E-state index in [2.05, 4.69) is 17.2 Å². The van der Waals surface area contributed by atoms with E-state index in [1.54, 1.807) is 32.5 Å². The molecule has 1 aliphatic carbocycles. The van der Waals surface area contributed by atoms with Gasteiger partial charge in [-0.05, 0) is 43.0 Å². The molecular formula is C25H27N3O4. The van der Waals surface area contributed by atoms with Gasteiger partial charge in [-0.3, -0.25) is 9.58 Å². The maximum absolute atomic E-state index is 13.2. The molecule has 0 radical (unpaired) electrons. The number of carbonyl (C=O) groups is 2. The van der Waals surface area contributed by atoms with Gasteiger partial charge in [0.15, 0.2) is 6.04 Å². The SMILES string of the molecule is Cc1c(C(C(=O)O)N(C(=O)OCC2c3ccccc3-c3ccccc32)C(C)C)cnn1C. The van der Waals surface area contributed by atoms with E-state index in [0.717, 1.165) is 22.3 Å². The first-order valence-electron chi connectivity index (χ1n) is 10.7. The molecule has 7 nitrogen and oxygen atoms in total. The molecule has 0 saturated heterocycles. The predicted octanol–water partition coefficient (Wildman–Crippen LogP) is 4.51. The fourth-order valence-corrected chi connectivity index (χ4v) is 4.47. The monoisotopic (exact) mass is 433 g/mol. The van der Waals surface area contributed by atoms with Crippen molar-refractivity contribution in [2.75, 3.05) is 6.61 Å². The lowest BCUT2D eigenvalue weighted by molar-refractivity contribution is -0.143. The lowest BCUT2D eigenvalue weighted by Gasteiger charge is -2.32. The van der Waals surface area contributed by atoms with Crippen LogP contribution >= 0.6 is 0 Å². The number of benzene rings is 2. The first-order chi connectivity index (χ1) is 15.3. The summed E-state index contributed by atoms with van der Waals surface area (Å²) in [7, 11) is 1.74. The number of fused-ring (bicyclic) bond motifs is 3. The molecule has 1 atom stereocenters. The topological polar surface area (TPSA) is 84.7 Å². The number of carboxylic acids is 1. The Balaban J connectivity index is 1.61. The van der Waals surface area contributed by atoms with E-state index in [0.29, 0.717) is 11.3 Å². The Morgan fingerprint density at radius 3 is 2.12 bits per heavy atom. The molecule has 0 aliphatic heterocycles. The van der Waals surface area contributed by atoms with Crippen LogP contribution in [-0.2, 0) is 16.6 Å². The minimum Gasteiger partial charge on any atom is -0.479 e. The highest BCUT2D eigenvalue weighted by Crippen LogP contribution is 2.44. The molecule has 0 bridgehead atoms. The molecule has 1 aromatic heterocycles. The summed E-state index contributed by atoms with van der Waals surface area (Å²) in [4.78, 5) is 26.7. The van der Waals surface area contributed by atoms with Crippen molar-refractivity contribution in [1.29, 1.82) is 0 Å². The Labute approximate surface area is 187 Å². The van der Waals surface area contributed by atoms with Crippen molar-refractivity contribution in [3.63, 3.8) is 0 Å². The first kappa shape index (κ1) is 21.6. The van der Waals surface area contributed by atoms with E-state index < -0.39 is 18.1 Å². The molecule has 0 saturated carbocycles. The van der Waals surface area contributed by atoms with Gasteiger partial charge < -0.3 is 9.84 Å². The quantitative estimate of drug-likeness (QED) is 0.618. The second-order valence-corrected chi connectivity index (χ2v) is 8.35. The van der Waals surface area contributed by atoms with Crippen LogP contribution in [0.4, 0.5) is 4.79 Å². The molecule has 166 valence electrons. The van der Waals surface area contributed by atoms with Gasteiger partial charge in [-0.1, -0.05) is 48.5 Å². The summed E-state index contributed by atoms with van der Waals surface area (Å²) >= 11 is 0. The summed E-state index contributed by atoms with van der Waals surface area (Å²) in [6, 6.07) is 14.6. The van der Waals surface area contributed by atoms with Gasteiger partial charge in [0.1, 0.15) is 6.61 Å². The lowest BCUT2D eigenvalue weighted by Crippen LogP contribution is -2.44. The second-order valence-electron chi connectivity index (χ2n) is 8.35. The molecule has 7 heteroatoms. The van der Waals surface area contributed by atoms with Crippen LogP contribution in [0.3, 0.4) is 0 Å². The largest absolute Gasteiger partial charge is 0.479 e. The van der Waals surface area contributed by atoms with E-state index in [9.17, 15) is 14.7 Å². The van der Waals surface area contributed by atoms with Crippen molar-refractivity contribution in [3.8, 4) is 11.1 Å². The Hall–Kier alpha value is -3.61. The number of aryl methyl sites for hydroxylation is 1. The average Bonchev–Trinajstić information content (AvgIpc) is 3.27. The fourth-order valence-electron chi connectivity index (χ4n) is 4.47. The van der Waals surface area contributed by atoms with Crippen LogP contribution in [0.5, 0.6) is 0 Å². The molecule has 1 heterocycles. The zero-order valence-electron chi connectivity index (χ0n) is 18.6. The van der Waals surface area contributed by atoms with Crippen LogP contribution in [0.2, 0.25) is 0 Å².